The van der Waals surface area contributed by atoms with Gasteiger partial charge in [-0.3, -0.25) is 0 Å². The minimum Gasteiger partial charge on any atom is -0.414 e. The van der Waals surface area contributed by atoms with Crippen LogP contribution < -0.4 is 0 Å². The van der Waals surface area contributed by atoms with Gasteiger partial charge in [-0.1, -0.05) is 27.7 Å². The van der Waals surface area contributed by atoms with Crippen molar-refractivity contribution in [1.29, 1.82) is 0 Å². The molecule has 0 aliphatic carbocycles. The van der Waals surface area contributed by atoms with Crippen LogP contribution in [0.15, 0.2) is 0 Å². The molecule has 0 bridgehead atoms. The zero-order chi connectivity index (χ0) is 17.3. The second-order valence-electron chi connectivity index (χ2n) is 9.08. The maximum atomic E-state index is 6.49. The van der Waals surface area contributed by atoms with Gasteiger partial charge in [0.2, 0.25) is 0 Å². The molecule has 3 saturated heterocycles. The summed E-state index contributed by atoms with van der Waals surface area (Å²) < 4.78 is 30.8. The van der Waals surface area contributed by atoms with Gasteiger partial charge in [0, 0.05) is 0 Å². The number of fused-ring (bicyclic) bond motifs is 3. The Morgan fingerprint density at radius 2 is 1.70 bits per heavy atom. The van der Waals surface area contributed by atoms with Crippen LogP contribution in [0.4, 0.5) is 0 Å². The first-order chi connectivity index (χ1) is 10.4. The minimum atomic E-state index is -1.86. The summed E-state index contributed by atoms with van der Waals surface area (Å²) in [6.45, 7) is 17.9. The predicted molar refractivity (Wildman–Crippen MR) is 89.7 cm³/mol. The smallest absolute Gasteiger partial charge is 0.192 e. The zero-order valence-electron chi connectivity index (χ0n) is 15.8. The third-order valence-electron chi connectivity index (χ3n) is 5.89. The number of ether oxygens (including phenoxy) is 4. The summed E-state index contributed by atoms with van der Waals surface area (Å²) in [6, 6.07) is 0. The maximum absolute atomic E-state index is 6.49. The van der Waals surface area contributed by atoms with E-state index in [2.05, 4.69) is 40.8 Å². The fraction of sp³-hybridized carbons (Fsp3) is 1.00. The van der Waals surface area contributed by atoms with Gasteiger partial charge >= 0.3 is 0 Å². The standard InChI is InChI=1S/C17H32O5Si/c1-9-17(10-18-23(7,8)15(2,3)4)13-11(12-14(19-12)22-17)20-16(5,6)21-13/h11-14H,9-10H2,1-8H3/t11-,12-,13-,14+,17?/m1/s1. The molecular formula is C17H32O5Si. The van der Waals surface area contributed by atoms with E-state index in [4.69, 9.17) is 23.4 Å². The fourth-order valence-corrected chi connectivity index (χ4v) is 4.23. The van der Waals surface area contributed by atoms with E-state index >= 15 is 0 Å². The number of hydrogen-bond acceptors (Lipinski definition) is 5. The monoisotopic (exact) mass is 344 g/mol. The summed E-state index contributed by atoms with van der Waals surface area (Å²) in [7, 11) is -1.86. The van der Waals surface area contributed by atoms with Gasteiger partial charge in [-0.15, -0.1) is 0 Å². The molecule has 5 atom stereocenters. The van der Waals surface area contributed by atoms with Crippen LogP contribution >= 0.6 is 0 Å². The molecule has 0 saturated carbocycles. The third-order valence-corrected chi connectivity index (χ3v) is 10.4. The van der Waals surface area contributed by atoms with Gasteiger partial charge in [0.1, 0.15) is 23.9 Å². The molecule has 3 fully saturated rings. The Bertz CT molecular complexity index is 472. The Hall–Kier alpha value is 0.0169. The highest BCUT2D eigenvalue weighted by atomic mass is 28.4. The molecule has 134 valence electrons. The van der Waals surface area contributed by atoms with E-state index in [1.165, 1.54) is 0 Å². The van der Waals surface area contributed by atoms with Crippen molar-refractivity contribution in [2.24, 2.45) is 0 Å². The van der Waals surface area contributed by atoms with E-state index in [-0.39, 0.29) is 29.6 Å². The van der Waals surface area contributed by atoms with Crippen LogP contribution in [0.1, 0.15) is 48.0 Å². The molecule has 3 aliphatic rings. The molecule has 0 aromatic heterocycles. The Morgan fingerprint density at radius 3 is 2.26 bits per heavy atom. The highest BCUT2D eigenvalue weighted by Crippen LogP contribution is 2.51. The Labute approximate surface area is 141 Å². The summed E-state index contributed by atoms with van der Waals surface area (Å²) in [5, 5.41) is 0.168. The van der Waals surface area contributed by atoms with Crippen molar-refractivity contribution in [1.82, 2.24) is 0 Å². The molecule has 0 aromatic rings. The van der Waals surface area contributed by atoms with Gasteiger partial charge < -0.3 is 23.4 Å². The summed E-state index contributed by atoms with van der Waals surface area (Å²) in [5.41, 5.74) is -0.494. The second kappa shape index (κ2) is 5.26. The van der Waals surface area contributed by atoms with E-state index in [1.54, 1.807) is 0 Å². The highest BCUT2D eigenvalue weighted by molar-refractivity contribution is 6.74. The Balaban J connectivity index is 1.80. The van der Waals surface area contributed by atoms with E-state index in [9.17, 15) is 0 Å². The van der Waals surface area contributed by atoms with Crippen LogP contribution in [0, 0.1) is 0 Å². The molecular weight excluding hydrogens is 312 g/mol. The Kier molecular flexibility index (Phi) is 4.07. The van der Waals surface area contributed by atoms with Gasteiger partial charge in [0.05, 0.1) is 6.61 Å². The third kappa shape index (κ3) is 3.02. The summed E-state index contributed by atoms with van der Waals surface area (Å²) >= 11 is 0. The van der Waals surface area contributed by atoms with E-state index in [0.29, 0.717) is 6.61 Å². The van der Waals surface area contributed by atoms with Crippen LogP contribution in [0.5, 0.6) is 0 Å². The molecule has 6 heteroatoms. The normalized spacial score (nSPS) is 42.3. The number of rotatable bonds is 4. The van der Waals surface area contributed by atoms with Crippen LogP contribution in [-0.4, -0.2) is 50.9 Å². The topological polar surface area (TPSA) is 49.5 Å². The van der Waals surface area contributed by atoms with Crippen molar-refractivity contribution in [3.8, 4) is 0 Å². The molecule has 1 unspecified atom stereocenters. The van der Waals surface area contributed by atoms with Crippen molar-refractivity contribution < 1.29 is 23.4 Å². The summed E-state index contributed by atoms with van der Waals surface area (Å²) in [6.07, 6.45) is 0.447. The van der Waals surface area contributed by atoms with Gasteiger partial charge in [0.25, 0.3) is 0 Å². The largest absolute Gasteiger partial charge is 0.414 e. The minimum absolute atomic E-state index is 0.00863. The SMILES string of the molecule is CCC1(CO[Si](C)(C)C(C)(C)C)O[C@@H]2O[C@@H]2[C@H]2OC(C)(C)O[C@H]21. The van der Waals surface area contributed by atoms with Crippen LogP contribution in [0.25, 0.3) is 0 Å². The van der Waals surface area contributed by atoms with Crippen LogP contribution in [0.2, 0.25) is 18.1 Å². The first-order valence-electron chi connectivity index (χ1n) is 8.74. The van der Waals surface area contributed by atoms with E-state index in [0.717, 1.165) is 6.42 Å². The van der Waals surface area contributed by atoms with E-state index < -0.39 is 19.7 Å². The molecule has 0 aromatic carbocycles. The van der Waals surface area contributed by atoms with Crippen molar-refractivity contribution in [3.05, 3.63) is 0 Å². The average molecular weight is 345 g/mol. The van der Waals surface area contributed by atoms with Crippen LogP contribution in [0.3, 0.4) is 0 Å². The van der Waals surface area contributed by atoms with Crippen molar-refractivity contribution >= 4 is 8.32 Å². The second-order valence-corrected chi connectivity index (χ2v) is 13.9. The summed E-state index contributed by atoms with van der Waals surface area (Å²) in [4.78, 5) is 0. The molecule has 5 nitrogen and oxygen atoms in total. The Morgan fingerprint density at radius 1 is 1.04 bits per heavy atom. The predicted octanol–water partition coefficient (Wildman–Crippen LogP) is 3.43. The first kappa shape index (κ1) is 17.8. The quantitative estimate of drug-likeness (QED) is 0.578. The lowest BCUT2D eigenvalue weighted by atomic mass is 9.87. The zero-order valence-corrected chi connectivity index (χ0v) is 16.8. The van der Waals surface area contributed by atoms with E-state index in [1.807, 2.05) is 13.8 Å². The molecule has 3 rings (SSSR count). The molecule has 23 heavy (non-hydrogen) atoms. The van der Waals surface area contributed by atoms with Gasteiger partial charge in [-0.05, 0) is 38.4 Å². The first-order valence-corrected chi connectivity index (χ1v) is 11.6. The van der Waals surface area contributed by atoms with Crippen molar-refractivity contribution in [3.63, 3.8) is 0 Å². The average Bonchev–Trinajstić information content (AvgIpc) is 3.09. The van der Waals surface area contributed by atoms with Gasteiger partial charge in [-0.2, -0.15) is 0 Å². The molecule has 0 amide bonds. The van der Waals surface area contributed by atoms with Crippen LogP contribution in [-0.2, 0) is 23.4 Å². The maximum Gasteiger partial charge on any atom is 0.192 e. The molecule has 0 radical (unpaired) electrons. The van der Waals surface area contributed by atoms with Gasteiger partial charge in [0.15, 0.2) is 20.4 Å². The molecule has 0 spiro atoms. The lowest BCUT2D eigenvalue weighted by Crippen LogP contribution is -2.60. The fourth-order valence-electron chi connectivity index (χ4n) is 3.19. The molecule has 3 heterocycles. The number of epoxide rings is 1. The molecule has 3 aliphatic heterocycles. The number of hydrogen-bond donors (Lipinski definition) is 0. The highest BCUT2D eigenvalue weighted by Gasteiger charge is 2.68. The van der Waals surface area contributed by atoms with Gasteiger partial charge in [-0.25, -0.2) is 0 Å². The summed E-state index contributed by atoms with van der Waals surface area (Å²) in [5.74, 6) is -0.600. The molecule has 0 N–H and O–H groups in total. The lowest BCUT2D eigenvalue weighted by molar-refractivity contribution is -0.208. The van der Waals surface area contributed by atoms with Crippen molar-refractivity contribution in [2.45, 2.75) is 102 Å². The lowest BCUT2D eigenvalue weighted by Gasteiger charge is -2.44. The van der Waals surface area contributed by atoms with Crippen molar-refractivity contribution in [2.75, 3.05) is 6.61 Å².